The molecule has 2 aromatic rings. The minimum absolute atomic E-state index is 0.237. The monoisotopic (exact) mass is 313 g/mol. The maximum absolute atomic E-state index is 12.2. The van der Waals surface area contributed by atoms with Crippen molar-refractivity contribution in [1.82, 2.24) is 0 Å². The minimum atomic E-state index is -0.533. The van der Waals surface area contributed by atoms with E-state index >= 15 is 0 Å². The van der Waals surface area contributed by atoms with Gasteiger partial charge in [-0.3, -0.25) is 10.2 Å². The summed E-state index contributed by atoms with van der Waals surface area (Å²) in [6, 6.07) is 15.2. The van der Waals surface area contributed by atoms with Crippen LogP contribution in [0, 0.1) is 11.3 Å². The number of rotatable bonds is 5. The molecule has 2 aromatic carbocycles. The van der Waals surface area contributed by atoms with Gasteiger partial charge in [0.2, 0.25) is 11.5 Å². The van der Waals surface area contributed by atoms with Crippen LogP contribution in [0.2, 0.25) is 5.02 Å². The Labute approximate surface area is 132 Å². The number of halogens is 1. The molecule has 0 amide bonds. The highest BCUT2D eigenvalue weighted by Crippen LogP contribution is 2.17. The van der Waals surface area contributed by atoms with Crippen molar-refractivity contribution >= 4 is 28.8 Å². The maximum Gasteiger partial charge on any atom is 0.225 e. The molecule has 0 aliphatic heterocycles. The fourth-order valence-corrected chi connectivity index (χ4v) is 1.91. The molecule has 5 nitrogen and oxygen atoms in total. The number of ketones is 1. The number of nitrogens with zero attached hydrogens (tertiary/aromatic N) is 2. The van der Waals surface area contributed by atoms with Crippen molar-refractivity contribution in [3.8, 4) is 11.8 Å². The molecule has 0 heterocycles. The molecule has 0 aliphatic rings. The molecule has 0 saturated carbocycles. The van der Waals surface area contributed by atoms with Crippen molar-refractivity contribution in [1.29, 1.82) is 5.26 Å². The number of carbonyl (C=O) groups excluding carboxylic acids is 1. The number of Topliss-reactive ketones (excluding diaryl/α,β-unsaturated/α-hetero) is 1. The maximum atomic E-state index is 12.2. The number of nitriles is 1. The van der Waals surface area contributed by atoms with Crippen LogP contribution >= 0.6 is 11.6 Å². The number of methoxy groups -OCH3 is 1. The molecule has 110 valence electrons. The quantitative estimate of drug-likeness (QED) is 0.520. The first-order chi connectivity index (χ1) is 10.7. The number of carbonyl (C=O) groups is 1. The van der Waals surface area contributed by atoms with Crippen LogP contribution in [0.3, 0.4) is 0 Å². The van der Waals surface area contributed by atoms with Gasteiger partial charge in [-0.1, -0.05) is 23.7 Å². The second kappa shape index (κ2) is 7.25. The van der Waals surface area contributed by atoms with Gasteiger partial charge in [-0.05, 0) is 36.4 Å². The Morgan fingerprint density at radius 1 is 1.23 bits per heavy atom. The number of hydrogen-bond donors (Lipinski definition) is 1. The van der Waals surface area contributed by atoms with Gasteiger partial charge < -0.3 is 4.74 Å². The highest BCUT2D eigenvalue weighted by atomic mass is 35.5. The van der Waals surface area contributed by atoms with E-state index in [0.29, 0.717) is 11.4 Å². The Morgan fingerprint density at radius 3 is 2.50 bits per heavy atom. The summed E-state index contributed by atoms with van der Waals surface area (Å²) in [5.41, 5.74) is 3.25. The van der Waals surface area contributed by atoms with Crippen LogP contribution in [0.15, 0.2) is 53.6 Å². The Morgan fingerprint density at radius 2 is 1.91 bits per heavy atom. The zero-order chi connectivity index (χ0) is 15.9. The molecule has 0 aliphatic carbocycles. The number of anilines is 1. The van der Waals surface area contributed by atoms with Crippen molar-refractivity contribution in [3.63, 3.8) is 0 Å². The second-order valence-electron chi connectivity index (χ2n) is 4.22. The van der Waals surface area contributed by atoms with Crippen LogP contribution in [-0.2, 0) is 0 Å². The van der Waals surface area contributed by atoms with E-state index in [1.165, 1.54) is 0 Å². The van der Waals surface area contributed by atoms with E-state index in [2.05, 4.69) is 10.5 Å². The van der Waals surface area contributed by atoms with Crippen LogP contribution in [0.25, 0.3) is 0 Å². The fourth-order valence-electron chi connectivity index (χ4n) is 1.69. The standard InChI is InChI=1S/C16H12ClN3O2/c1-22-12-8-6-11(7-9-12)19-20-15(10-18)16(21)13-4-2-3-5-14(13)17/h2-9,19H,1H3/b20-15+. The zero-order valence-electron chi connectivity index (χ0n) is 11.7. The first kappa shape index (κ1) is 15.5. The third-order valence-electron chi connectivity index (χ3n) is 2.83. The number of ether oxygens (including phenoxy) is 1. The van der Waals surface area contributed by atoms with Crippen molar-refractivity contribution in [2.75, 3.05) is 12.5 Å². The van der Waals surface area contributed by atoms with Crippen LogP contribution in [0.4, 0.5) is 5.69 Å². The third-order valence-corrected chi connectivity index (χ3v) is 3.16. The number of hydrazone groups is 1. The van der Waals surface area contributed by atoms with Gasteiger partial charge in [-0.2, -0.15) is 10.4 Å². The Bertz CT molecular complexity index is 749. The first-order valence-electron chi connectivity index (χ1n) is 6.33. The minimum Gasteiger partial charge on any atom is -0.497 e. The summed E-state index contributed by atoms with van der Waals surface area (Å²) in [5, 5.41) is 13.2. The average Bonchev–Trinajstić information content (AvgIpc) is 2.56. The third kappa shape index (κ3) is 3.62. The molecule has 0 saturated heterocycles. The molecule has 0 unspecified atom stereocenters. The molecule has 0 spiro atoms. The summed E-state index contributed by atoms with van der Waals surface area (Å²) in [4.78, 5) is 12.2. The SMILES string of the molecule is COc1ccc(N/N=C(\C#N)C(=O)c2ccccc2Cl)cc1. The van der Waals surface area contributed by atoms with E-state index in [4.69, 9.17) is 21.6 Å². The topological polar surface area (TPSA) is 74.5 Å². The van der Waals surface area contributed by atoms with Crippen LogP contribution in [0.1, 0.15) is 10.4 Å². The van der Waals surface area contributed by atoms with E-state index in [0.717, 1.165) is 0 Å². The van der Waals surface area contributed by atoms with Crippen LogP contribution in [-0.4, -0.2) is 18.6 Å². The van der Waals surface area contributed by atoms with Crippen molar-refractivity contribution < 1.29 is 9.53 Å². The molecular formula is C16H12ClN3O2. The molecule has 1 N–H and O–H groups in total. The first-order valence-corrected chi connectivity index (χ1v) is 6.70. The van der Waals surface area contributed by atoms with Gasteiger partial charge in [0.1, 0.15) is 11.8 Å². The average molecular weight is 314 g/mol. The van der Waals surface area contributed by atoms with E-state index < -0.39 is 5.78 Å². The Balaban J connectivity index is 2.19. The highest BCUT2D eigenvalue weighted by molar-refractivity contribution is 6.53. The lowest BCUT2D eigenvalue weighted by Gasteiger charge is -2.04. The molecule has 22 heavy (non-hydrogen) atoms. The number of benzene rings is 2. The lowest BCUT2D eigenvalue weighted by Crippen LogP contribution is -2.14. The van der Waals surface area contributed by atoms with E-state index in [1.807, 2.05) is 0 Å². The molecule has 0 radical (unpaired) electrons. The number of hydrogen-bond acceptors (Lipinski definition) is 5. The summed E-state index contributed by atoms with van der Waals surface area (Å²) in [6.45, 7) is 0. The van der Waals surface area contributed by atoms with Crippen LogP contribution < -0.4 is 10.2 Å². The predicted molar refractivity (Wildman–Crippen MR) is 85.4 cm³/mol. The van der Waals surface area contributed by atoms with Gasteiger partial charge in [0.15, 0.2) is 0 Å². The van der Waals surface area contributed by atoms with Crippen molar-refractivity contribution in [2.24, 2.45) is 5.10 Å². The van der Waals surface area contributed by atoms with E-state index in [1.54, 1.807) is 61.7 Å². The summed E-state index contributed by atoms with van der Waals surface area (Å²) in [5.74, 6) is 0.163. The van der Waals surface area contributed by atoms with Crippen LogP contribution in [0.5, 0.6) is 5.75 Å². The van der Waals surface area contributed by atoms with E-state index in [-0.39, 0.29) is 16.3 Å². The summed E-state index contributed by atoms with van der Waals surface area (Å²) < 4.78 is 5.04. The molecule has 0 aromatic heterocycles. The lowest BCUT2D eigenvalue weighted by atomic mass is 10.1. The van der Waals surface area contributed by atoms with Gasteiger partial charge in [-0.25, -0.2) is 0 Å². The summed E-state index contributed by atoms with van der Waals surface area (Å²) in [6.07, 6.45) is 0. The molecule has 0 bridgehead atoms. The van der Waals surface area contributed by atoms with Crippen molar-refractivity contribution in [2.45, 2.75) is 0 Å². The summed E-state index contributed by atoms with van der Waals surface area (Å²) >= 11 is 5.95. The second-order valence-corrected chi connectivity index (χ2v) is 4.63. The Hall–Kier alpha value is -2.84. The van der Waals surface area contributed by atoms with E-state index in [9.17, 15) is 4.79 Å². The normalized spacial score (nSPS) is 10.7. The van der Waals surface area contributed by atoms with Gasteiger partial charge >= 0.3 is 0 Å². The molecule has 2 rings (SSSR count). The van der Waals surface area contributed by atoms with Gasteiger partial charge in [-0.15, -0.1) is 0 Å². The fraction of sp³-hybridized carbons (Fsp3) is 0.0625. The van der Waals surface area contributed by atoms with Gasteiger partial charge in [0, 0.05) is 5.56 Å². The van der Waals surface area contributed by atoms with Gasteiger partial charge in [0.25, 0.3) is 0 Å². The highest BCUT2D eigenvalue weighted by Gasteiger charge is 2.16. The summed E-state index contributed by atoms with van der Waals surface area (Å²) in [7, 11) is 1.57. The largest absolute Gasteiger partial charge is 0.497 e. The smallest absolute Gasteiger partial charge is 0.225 e. The molecule has 6 heteroatoms. The Kier molecular flexibility index (Phi) is 5.12. The predicted octanol–water partition coefficient (Wildman–Crippen LogP) is 3.52. The lowest BCUT2D eigenvalue weighted by molar-refractivity contribution is 0.106. The molecule has 0 fully saturated rings. The zero-order valence-corrected chi connectivity index (χ0v) is 12.5. The molecule has 0 atom stereocenters. The number of nitrogens with one attached hydrogen (secondary N) is 1. The van der Waals surface area contributed by atoms with Crippen molar-refractivity contribution in [3.05, 3.63) is 59.1 Å². The molecular weight excluding hydrogens is 302 g/mol. The van der Waals surface area contributed by atoms with Gasteiger partial charge in [0.05, 0.1) is 17.8 Å².